The number of hydrogen-bond acceptors (Lipinski definition) is 4. The fourth-order valence-electron chi connectivity index (χ4n) is 2.33. The molecule has 1 aliphatic heterocycles. The molecule has 23 heavy (non-hydrogen) atoms. The van der Waals surface area contributed by atoms with Crippen molar-refractivity contribution in [1.82, 2.24) is 5.06 Å². The Morgan fingerprint density at radius 1 is 0.913 bits per heavy atom. The predicted molar refractivity (Wildman–Crippen MR) is 84.0 cm³/mol. The number of carbonyl (C=O) groups is 2. The van der Waals surface area contributed by atoms with E-state index in [0.717, 1.165) is 22.8 Å². The molecule has 3 rings (SSSR count). The number of ether oxygens (including phenoxy) is 1. The molecule has 0 unspecified atom stereocenters. The van der Waals surface area contributed by atoms with Crippen molar-refractivity contribution < 1.29 is 19.2 Å². The van der Waals surface area contributed by atoms with Crippen LogP contribution in [0.25, 0.3) is 0 Å². The van der Waals surface area contributed by atoms with Crippen LogP contribution in [0.3, 0.4) is 0 Å². The number of imide groups is 1. The molecule has 0 fully saturated rings. The lowest BCUT2D eigenvalue weighted by Gasteiger charge is -2.13. The van der Waals surface area contributed by atoms with Gasteiger partial charge in [0.05, 0.1) is 17.7 Å². The lowest BCUT2D eigenvalue weighted by atomic mass is 10.1. The van der Waals surface area contributed by atoms with Gasteiger partial charge < -0.3 is 4.74 Å². The standard InChI is InChI=1S/C18H17NO4/c1-2-11-22-14-9-7-13(8-10-14)12-23-19-17(20)15-5-3-4-6-16(15)18(19)21/h3-10H,2,11-12H2,1H3. The monoisotopic (exact) mass is 311 g/mol. The minimum absolute atomic E-state index is 0.138. The lowest BCUT2D eigenvalue weighted by molar-refractivity contribution is -0.101. The van der Waals surface area contributed by atoms with Gasteiger partial charge in [0.1, 0.15) is 12.4 Å². The second-order valence-electron chi connectivity index (χ2n) is 5.22. The number of nitrogens with zero attached hydrogens (tertiary/aromatic N) is 1. The maximum Gasteiger partial charge on any atom is 0.285 e. The molecule has 0 aliphatic carbocycles. The van der Waals surface area contributed by atoms with E-state index in [1.165, 1.54) is 0 Å². The Hall–Kier alpha value is -2.66. The summed E-state index contributed by atoms with van der Waals surface area (Å²) < 4.78 is 5.51. The second-order valence-corrected chi connectivity index (χ2v) is 5.22. The maximum absolute atomic E-state index is 12.2. The topological polar surface area (TPSA) is 55.8 Å². The van der Waals surface area contributed by atoms with Gasteiger partial charge in [0.25, 0.3) is 11.8 Å². The minimum Gasteiger partial charge on any atom is -0.494 e. The third-order valence-corrected chi connectivity index (χ3v) is 3.51. The molecule has 1 heterocycles. The number of hydrogen-bond donors (Lipinski definition) is 0. The number of rotatable bonds is 6. The molecule has 0 spiro atoms. The zero-order valence-corrected chi connectivity index (χ0v) is 12.8. The van der Waals surface area contributed by atoms with Crippen molar-refractivity contribution in [2.75, 3.05) is 6.61 Å². The van der Waals surface area contributed by atoms with Crippen LogP contribution in [0.4, 0.5) is 0 Å². The zero-order chi connectivity index (χ0) is 16.2. The van der Waals surface area contributed by atoms with E-state index in [1.807, 2.05) is 31.2 Å². The summed E-state index contributed by atoms with van der Waals surface area (Å²) in [4.78, 5) is 29.7. The van der Waals surface area contributed by atoms with Crippen LogP contribution >= 0.6 is 0 Å². The molecule has 0 saturated heterocycles. The summed E-state index contributed by atoms with van der Waals surface area (Å²) in [5.74, 6) is -0.0571. The molecular formula is C18H17NO4. The third-order valence-electron chi connectivity index (χ3n) is 3.51. The smallest absolute Gasteiger partial charge is 0.285 e. The molecule has 1 aliphatic rings. The van der Waals surface area contributed by atoms with Crippen LogP contribution < -0.4 is 4.74 Å². The normalized spacial score (nSPS) is 13.3. The number of benzene rings is 2. The van der Waals surface area contributed by atoms with Crippen LogP contribution in [0.5, 0.6) is 5.75 Å². The Morgan fingerprint density at radius 2 is 1.52 bits per heavy atom. The van der Waals surface area contributed by atoms with Crippen molar-refractivity contribution in [2.24, 2.45) is 0 Å². The predicted octanol–water partition coefficient (Wildman–Crippen LogP) is 3.20. The van der Waals surface area contributed by atoms with Gasteiger partial charge in [-0.2, -0.15) is 0 Å². The molecule has 5 nitrogen and oxygen atoms in total. The SMILES string of the molecule is CCCOc1ccc(CON2C(=O)c3ccccc3C2=O)cc1. The first-order valence-electron chi connectivity index (χ1n) is 7.53. The first kappa shape index (κ1) is 15.2. The first-order chi connectivity index (χ1) is 11.2. The van der Waals surface area contributed by atoms with Crippen molar-refractivity contribution in [3.05, 3.63) is 65.2 Å². The summed E-state index contributed by atoms with van der Waals surface area (Å²) in [7, 11) is 0. The Morgan fingerprint density at radius 3 is 2.09 bits per heavy atom. The van der Waals surface area contributed by atoms with Gasteiger partial charge in [-0.25, -0.2) is 0 Å². The number of carbonyl (C=O) groups excluding carboxylic acids is 2. The lowest BCUT2D eigenvalue weighted by Crippen LogP contribution is -2.29. The maximum atomic E-state index is 12.2. The van der Waals surface area contributed by atoms with E-state index in [0.29, 0.717) is 17.7 Å². The van der Waals surface area contributed by atoms with Gasteiger partial charge in [-0.1, -0.05) is 31.2 Å². The molecule has 118 valence electrons. The highest BCUT2D eigenvalue weighted by Gasteiger charge is 2.36. The number of amides is 2. The first-order valence-corrected chi connectivity index (χ1v) is 7.53. The Kier molecular flexibility index (Phi) is 4.39. The van der Waals surface area contributed by atoms with Crippen molar-refractivity contribution in [2.45, 2.75) is 20.0 Å². The van der Waals surface area contributed by atoms with Gasteiger partial charge in [0, 0.05) is 0 Å². The summed E-state index contributed by atoms with van der Waals surface area (Å²) in [5.41, 5.74) is 1.60. The van der Waals surface area contributed by atoms with Gasteiger partial charge >= 0.3 is 0 Å². The molecule has 0 aromatic heterocycles. The molecule has 0 N–H and O–H groups in total. The summed E-state index contributed by atoms with van der Waals surface area (Å²) in [6, 6.07) is 14.1. The Labute approximate surface area is 134 Å². The van der Waals surface area contributed by atoms with Gasteiger partial charge in [-0.15, -0.1) is 5.06 Å². The van der Waals surface area contributed by atoms with Crippen molar-refractivity contribution >= 4 is 11.8 Å². The zero-order valence-electron chi connectivity index (χ0n) is 12.8. The Balaban J connectivity index is 1.63. The molecule has 0 saturated carbocycles. The fourth-order valence-corrected chi connectivity index (χ4v) is 2.33. The third kappa shape index (κ3) is 3.10. The summed E-state index contributed by atoms with van der Waals surface area (Å²) in [5, 5.41) is 0.826. The van der Waals surface area contributed by atoms with Gasteiger partial charge in [-0.05, 0) is 36.2 Å². The Bertz CT molecular complexity index is 689. The highest BCUT2D eigenvalue weighted by Crippen LogP contribution is 2.23. The van der Waals surface area contributed by atoms with Crippen LogP contribution in [0.1, 0.15) is 39.6 Å². The summed E-state index contributed by atoms with van der Waals surface area (Å²) >= 11 is 0. The van der Waals surface area contributed by atoms with Gasteiger partial charge in [0.2, 0.25) is 0 Å². The van der Waals surface area contributed by atoms with E-state index < -0.39 is 11.8 Å². The molecule has 2 aromatic rings. The molecule has 2 aromatic carbocycles. The number of fused-ring (bicyclic) bond motifs is 1. The molecular weight excluding hydrogens is 294 g/mol. The number of hydroxylamine groups is 2. The van der Waals surface area contributed by atoms with Gasteiger partial charge in [0.15, 0.2) is 0 Å². The highest BCUT2D eigenvalue weighted by atomic mass is 16.7. The van der Waals surface area contributed by atoms with Crippen molar-refractivity contribution in [3.8, 4) is 5.75 Å². The van der Waals surface area contributed by atoms with Crippen molar-refractivity contribution in [1.29, 1.82) is 0 Å². The quantitative estimate of drug-likeness (QED) is 0.769. The van der Waals surface area contributed by atoms with Crippen LogP contribution in [-0.2, 0) is 11.4 Å². The van der Waals surface area contributed by atoms with E-state index in [2.05, 4.69) is 0 Å². The van der Waals surface area contributed by atoms with Crippen molar-refractivity contribution in [3.63, 3.8) is 0 Å². The average Bonchev–Trinajstić information content (AvgIpc) is 2.84. The fraction of sp³-hybridized carbons (Fsp3) is 0.222. The minimum atomic E-state index is -0.423. The molecule has 0 radical (unpaired) electrons. The largest absolute Gasteiger partial charge is 0.494 e. The van der Waals surface area contributed by atoms with Crippen LogP contribution in [0, 0.1) is 0 Å². The summed E-state index contributed by atoms with van der Waals surface area (Å²) in [6.45, 7) is 2.86. The van der Waals surface area contributed by atoms with E-state index in [1.54, 1.807) is 24.3 Å². The second kappa shape index (κ2) is 6.62. The molecule has 0 bridgehead atoms. The average molecular weight is 311 g/mol. The molecule has 2 amide bonds. The van der Waals surface area contributed by atoms with Crippen LogP contribution in [0.15, 0.2) is 48.5 Å². The summed E-state index contributed by atoms with van der Waals surface area (Å²) in [6.07, 6.45) is 0.949. The molecule has 0 atom stereocenters. The highest BCUT2D eigenvalue weighted by molar-refractivity contribution is 6.20. The molecule has 5 heteroatoms. The van der Waals surface area contributed by atoms with E-state index in [9.17, 15) is 9.59 Å². The van der Waals surface area contributed by atoms with E-state index in [-0.39, 0.29) is 6.61 Å². The van der Waals surface area contributed by atoms with Crippen LogP contribution in [0.2, 0.25) is 0 Å². The van der Waals surface area contributed by atoms with E-state index in [4.69, 9.17) is 9.57 Å². The van der Waals surface area contributed by atoms with Crippen LogP contribution in [-0.4, -0.2) is 23.5 Å². The van der Waals surface area contributed by atoms with E-state index >= 15 is 0 Å². The van der Waals surface area contributed by atoms with Gasteiger partial charge in [-0.3, -0.25) is 14.4 Å².